The second kappa shape index (κ2) is 5.91. The van der Waals surface area contributed by atoms with E-state index in [1.807, 2.05) is 31.7 Å². The van der Waals surface area contributed by atoms with Gasteiger partial charge in [-0.2, -0.15) is 0 Å². The summed E-state index contributed by atoms with van der Waals surface area (Å²) in [5.74, 6) is -0.852. The third-order valence-electron chi connectivity index (χ3n) is 2.65. The minimum absolute atomic E-state index is 0.0253. The van der Waals surface area contributed by atoms with Gasteiger partial charge in [0.2, 0.25) is 0 Å². The lowest BCUT2D eigenvalue weighted by molar-refractivity contribution is -0.139. The molecule has 1 aromatic carbocycles. The van der Waals surface area contributed by atoms with Crippen molar-refractivity contribution >= 4 is 29.2 Å². The van der Waals surface area contributed by atoms with E-state index in [1.165, 1.54) is 0 Å². The van der Waals surface area contributed by atoms with Crippen LogP contribution in [0, 0.1) is 0 Å². The second-order valence-corrected chi connectivity index (χ2v) is 6.00. The van der Waals surface area contributed by atoms with Crippen molar-refractivity contribution in [2.24, 2.45) is 0 Å². The number of nitrogens with zero attached hydrogens (tertiary/aromatic N) is 1. The fourth-order valence-corrected chi connectivity index (χ4v) is 2.02. The summed E-state index contributed by atoms with van der Waals surface area (Å²) in [5.41, 5.74) is 0.624. The Hall–Kier alpha value is -0.770. The van der Waals surface area contributed by atoms with Crippen LogP contribution in [0.5, 0.6) is 0 Å². The van der Waals surface area contributed by atoms with Crippen molar-refractivity contribution in [3.63, 3.8) is 0 Å². The molecule has 0 saturated carbocycles. The van der Waals surface area contributed by atoms with Crippen molar-refractivity contribution in [2.45, 2.75) is 32.9 Å². The molecule has 1 aromatic rings. The fraction of sp³-hybridized carbons (Fsp3) is 0.462. The lowest BCUT2D eigenvalue weighted by Gasteiger charge is -2.34. The molecule has 0 saturated heterocycles. The topological polar surface area (TPSA) is 40.5 Å². The van der Waals surface area contributed by atoms with Gasteiger partial charge in [-0.15, -0.1) is 0 Å². The van der Waals surface area contributed by atoms with Gasteiger partial charge in [-0.3, -0.25) is 9.69 Å². The number of hydrogen-bond donors (Lipinski definition) is 1. The first-order chi connectivity index (χ1) is 8.20. The molecule has 0 aromatic heterocycles. The number of halogens is 2. The molecule has 0 amide bonds. The molecule has 0 bridgehead atoms. The zero-order valence-corrected chi connectivity index (χ0v) is 12.2. The van der Waals surface area contributed by atoms with Gasteiger partial charge in [0.15, 0.2) is 0 Å². The molecular weight excluding hydrogens is 273 g/mol. The Bertz CT molecular complexity index is 441. The molecule has 3 nitrogen and oxygen atoms in total. The summed E-state index contributed by atoms with van der Waals surface area (Å²) in [4.78, 5) is 12.7. The molecule has 100 valence electrons. The standard InChI is InChI=1S/C13H17Cl2NO2/c1-13(2,3)16(8-12(17)18)7-9-4-5-10(14)6-11(9)15/h4-6H,7-8H2,1-3H3,(H,17,18). The van der Waals surface area contributed by atoms with E-state index in [1.54, 1.807) is 12.1 Å². The van der Waals surface area contributed by atoms with Crippen LogP contribution >= 0.6 is 23.2 Å². The predicted molar refractivity (Wildman–Crippen MR) is 74.3 cm³/mol. The Morgan fingerprint density at radius 3 is 2.39 bits per heavy atom. The van der Waals surface area contributed by atoms with Crippen molar-refractivity contribution in [3.8, 4) is 0 Å². The first-order valence-corrected chi connectivity index (χ1v) is 6.36. The van der Waals surface area contributed by atoms with Crippen LogP contribution in [0.3, 0.4) is 0 Å². The first-order valence-electron chi connectivity index (χ1n) is 5.61. The lowest BCUT2D eigenvalue weighted by atomic mass is 10.0. The number of carboxylic acids is 1. The van der Waals surface area contributed by atoms with Crippen molar-refractivity contribution in [3.05, 3.63) is 33.8 Å². The number of carbonyl (C=O) groups is 1. The third-order valence-corrected chi connectivity index (χ3v) is 3.24. The van der Waals surface area contributed by atoms with Crippen LogP contribution in [0.2, 0.25) is 10.0 Å². The van der Waals surface area contributed by atoms with Gasteiger partial charge >= 0.3 is 5.97 Å². The monoisotopic (exact) mass is 289 g/mol. The summed E-state index contributed by atoms with van der Waals surface area (Å²) in [6.45, 7) is 6.37. The average Bonchev–Trinajstić information content (AvgIpc) is 2.18. The van der Waals surface area contributed by atoms with Gasteiger partial charge in [0, 0.05) is 22.1 Å². The van der Waals surface area contributed by atoms with E-state index >= 15 is 0 Å². The van der Waals surface area contributed by atoms with Gasteiger partial charge in [-0.1, -0.05) is 29.3 Å². The molecule has 0 unspecified atom stereocenters. The summed E-state index contributed by atoms with van der Waals surface area (Å²) < 4.78 is 0. The maximum atomic E-state index is 10.9. The highest BCUT2D eigenvalue weighted by Gasteiger charge is 2.24. The van der Waals surface area contributed by atoms with Crippen LogP contribution in [0.4, 0.5) is 0 Å². The SMILES string of the molecule is CC(C)(C)N(CC(=O)O)Cc1ccc(Cl)cc1Cl. The Kier molecular flexibility index (Phi) is 5.02. The van der Waals surface area contributed by atoms with E-state index in [-0.39, 0.29) is 12.1 Å². The minimum atomic E-state index is -0.852. The summed E-state index contributed by atoms with van der Waals surface area (Å²) in [5, 5.41) is 10.1. The van der Waals surface area contributed by atoms with Crippen LogP contribution in [-0.4, -0.2) is 28.1 Å². The molecule has 5 heteroatoms. The van der Waals surface area contributed by atoms with E-state index in [0.717, 1.165) is 5.56 Å². The number of hydrogen-bond acceptors (Lipinski definition) is 2. The van der Waals surface area contributed by atoms with Gasteiger partial charge < -0.3 is 5.11 Å². The number of rotatable bonds is 4. The van der Waals surface area contributed by atoms with Crippen LogP contribution in [-0.2, 0) is 11.3 Å². The van der Waals surface area contributed by atoms with E-state index in [4.69, 9.17) is 28.3 Å². The highest BCUT2D eigenvalue weighted by Crippen LogP contribution is 2.25. The predicted octanol–water partition coefficient (Wildman–Crippen LogP) is 3.68. The molecule has 0 spiro atoms. The molecule has 0 fully saturated rings. The van der Waals surface area contributed by atoms with Crippen LogP contribution in [0.1, 0.15) is 26.3 Å². The van der Waals surface area contributed by atoms with Crippen LogP contribution < -0.4 is 0 Å². The van der Waals surface area contributed by atoms with E-state index < -0.39 is 5.97 Å². The van der Waals surface area contributed by atoms with E-state index in [2.05, 4.69) is 0 Å². The molecule has 0 radical (unpaired) electrons. The maximum absolute atomic E-state index is 10.9. The van der Waals surface area contributed by atoms with Gasteiger partial charge in [-0.05, 0) is 38.5 Å². The molecule has 18 heavy (non-hydrogen) atoms. The number of carboxylic acid groups (broad SMARTS) is 1. The Morgan fingerprint density at radius 2 is 1.94 bits per heavy atom. The Balaban J connectivity index is 2.92. The third kappa shape index (κ3) is 4.48. The normalized spacial score (nSPS) is 11.9. The number of benzene rings is 1. The first kappa shape index (κ1) is 15.3. The Morgan fingerprint density at radius 1 is 1.33 bits per heavy atom. The highest BCUT2D eigenvalue weighted by molar-refractivity contribution is 6.35. The van der Waals surface area contributed by atoms with Crippen LogP contribution in [0.15, 0.2) is 18.2 Å². The molecule has 0 atom stereocenters. The van der Waals surface area contributed by atoms with Crippen molar-refractivity contribution < 1.29 is 9.90 Å². The summed E-state index contributed by atoms with van der Waals surface area (Å²) in [6.07, 6.45) is 0. The van der Waals surface area contributed by atoms with E-state index in [9.17, 15) is 4.79 Å². The molecule has 1 N–H and O–H groups in total. The van der Waals surface area contributed by atoms with Crippen LogP contribution in [0.25, 0.3) is 0 Å². The molecule has 1 rings (SSSR count). The minimum Gasteiger partial charge on any atom is -0.480 e. The molecule has 0 aliphatic heterocycles. The Labute approximate surface area is 117 Å². The molecule has 0 aliphatic carbocycles. The van der Waals surface area contributed by atoms with Crippen molar-refractivity contribution in [1.82, 2.24) is 4.90 Å². The largest absolute Gasteiger partial charge is 0.480 e. The smallest absolute Gasteiger partial charge is 0.317 e. The molecular formula is C13H17Cl2NO2. The van der Waals surface area contributed by atoms with Crippen molar-refractivity contribution in [1.29, 1.82) is 0 Å². The zero-order valence-electron chi connectivity index (χ0n) is 10.7. The summed E-state index contributed by atoms with van der Waals surface area (Å²) in [7, 11) is 0. The summed E-state index contributed by atoms with van der Waals surface area (Å²) >= 11 is 11.9. The number of aliphatic carboxylic acids is 1. The molecule has 0 aliphatic rings. The maximum Gasteiger partial charge on any atom is 0.317 e. The van der Waals surface area contributed by atoms with Gasteiger partial charge in [0.05, 0.1) is 6.54 Å². The van der Waals surface area contributed by atoms with E-state index in [0.29, 0.717) is 16.6 Å². The molecule has 0 heterocycles. The quantitative estimate of drug-likeness (QED) is 0.919. The fourth-order valence-electron chi connectivity index (χ4n) is 1.55. The summed E-state index contributed by atoms with van der Waals surface area (Å²) in [6, 6.07) is 5.25. The second-order valence-electron chi connectivity index (χ2n) is 5.16. The van der Waals surface area contributed by atoms with Crippen molar-refractivity contribution in [2.75, 3.05) is 6.54 Å². The average molecular weight is 290 g/mol. The lowest BCUT2D eigenvalue weighted by Crippen LogP contribution is -2.43. The zero-order chi connectivity index (χ0) is 13.9. The highest BCUT2D eigenvalue weighted by atomic mass is 35.5. The van der Waals surface area contributed by atoms with Gasteiger partial charge in [-0.25, -0.2) is 0 Å². The van der Waals surface area contributed by atoms with Gasteiger partial charge in [0.1, 0.15) is 0 Å². The van der Waals surface area contributed by atoms with Gasteiger partial charge in [0.25, 0.3) is 0 Å².